The molecule has 1 aromatic carbocycles. The van der Waals surface area contributed by atoms with Gasteiger partial charge in [0.05, 0.1) is 18.8 Å². The molecule has 1 aliphatic heterocycles. The minimum atomic E-state index is -0.801. The van der Waals surface area contributed by atoms with Crippen LogP contribution in [0.5, 0.6) is 0 Å². The zero-order chi connectivity index (χ0) is 24.3. The number of hydrogen-bond acceptors (Lipinski definition) is 7. The molecule has 2 aliphatic rings. The minimum Gasteiger partial charge on any atom is -0.462 e. The molecule has 4 amide bonds. The smallest absolute Gasteiger partial charge is 0.350 e. The number of ether oxygens (including phenoxy) is 1. The molecular formula is C24H28N4O5S. The number of benzene rings is 1. The fourth-order valence-corrected chi connectivity index (χ4v) is 5.43. The Labute approximate surface area is 202 Å². The maximum atomic E-state index is 13.4. The normalized spacial score (nSPS) is 16.7. The lowest BCUT2D eigenvalue weighted by atomic mass is 9.98. The maximum absolute atomic E-state index is 13.4. The third kappa shape index (κ3) is 4.68. The zero-order valence-electron chi connectivity index (χ0n) is 19.3. The molecule has 2 aromatic rings. The van der Waals surface area contributed by atoms with Gasteiger partial charge in [0, 0.05) is 13.0 Å². The standard InChI is InChI=1S/C24H28N4O5S/c1-3-33-20(30)19-16(2)25-23(34-19)28(15-17-9-5-4-6-10-17)18(29)11-14-27-21(31)24(26-22(27)32)12-7-8-13-24/h4-6,9-10H,3,7-8,11-15H2,1-2H3,(H,26,32). The highest BCUT2D eigenvalue weighted by molar-refractivity contribution is 7.17. The highest BCUT2D eigenvalue weighted by atomic mass is 32.1. The second kappa shape index (κ2) is 9.92. The van der Waals surface area contributed by atoms with Crippen LogP contribution in [0.2, 0.25) is 0 Å². The number of thiazole rings is 1. The van der Waals surface area contributed by atoms with Crippen molar-refractivity contribution < 1.29 is 23.9 Å². The molecule has 1 N–H and O–H groups in total. The lowest BCUT2D eigenvalue weighted by Gasteiger charge is -2.22. The van der Waals surface area contributed by atoms with Crippen molar-refractivity contribution in [2.24, 2.45) is 0 Å². The summed E-state index contributed by atoms with van der Waals surface area (Å²) in [7, 11) is 0. The molecule has 2 heterocycles. The van der Waals surface area contributed by atoms with E-state index in [1.54, 1.807) is 13.8 Å². The van der Waals surface area contributed by atoms with Gasteiger partial charge in [-0.05, 0) is 32.3 Å². The fraction of sp³-hybridized carbons (Fsp3) is 0.458. The van der Waals surface area contributed by atoms with Gasteiger partial charge in [0.1, 0.15) is 10.4 Å². The summed E-state index contributed by atoms with van der Waals surface area (Å²) in [5, 5.41) is 3.21. The van der Waals surface area contributed by atoms with Crippen LogP contribution in [0, 0.1) is 6.92 Å². The van der Waals surface area contributed by atoms with Crippen molar-refractivity contribution in [3.05, 3.63) is 46.5 Å². The Morgan fingerprint density at radius 2 is 1.91 bits per heavy atom. The number of esters is 1. The second-order valence-electron chi connectivity index (χ2n) is 8.52. The number of urea groups is 1. The third-order valence-electron chi connectivity index (χ3n) is 6.21. The molecule has 1 saturated heterocycles. The quantitative estimate of drug-likeness (QED) is 0.454. The molecule has 4 rings (SSSR count). The number of carbonyl (C=O) groups is 4. The molecule has 0 unspecified atom stereocenters. The van der Waals surface area contributed by atoms with Crippen LogP contribution < -0.4 is 10.2 Å². The Kier molecular flexibility index (Phi) is 6.97. The van der Waals surface area contributed by atoms with Crippen molar-refractivity contribution in [3.8, 4) is 0 Å². The molecule has 1 spiro atoms. The SMILES string of the molecule is CCOC(=O)c1sc(N(Cc2ccccc2)C(=O)CCN2C(=O)NC3(CCCC3)C2=O)nc1C. The van der Waals surface area contributed by atoms with Crippen molar-refractivity contribution in [2.45, 2.75) is 58.0 Å². The number of aromatic nitrogens is 1. The van der Waals surface area contributed by atoms with Gasteiger partial charge in [-0.1, -0.05) is 54.5 Å². The van der Waals surface area contributed by atoms with Crippen molar-refractivity contribution in [2.75, 3.05) is 18.1 Å². The molecule has 0 atom stereocenters. The Balaban J connectivity index is 1.53. The number of amides is 4. The fourth-order valence-electron chi connectivity index (χ4n) is 4.45. The predicted octanol–water partition coefficient (Wildman–Crippen LogP) is 3.42. The molecule has 1 aromatic heterocycles. The van der Waals surface area contributed by atoms with E-state index in [4.69, 9.17) is 4.74 Å². The van der Waals surface area contributed by atoms with Gasteiger partial charge < -0.3 is 10.1 Å². The molecule has 10 heteroatoms. The monoisotopic (exact) mass is 484 g/mol. The van der Waals surface area contributed by atoms with E-state index in [0.29, 0.717) is 28.5 Å². The highest BCUT2D eigenvalue weighted by Crippen LogP contribution is 2.35. The zero-order valence-corrected chi connectivity index (χ0v) is 20.2. The van der Waals surface area contributed by atoms with Gasteiger partial charge in [-0.15, -0.1) is 0 Å². The average molecular weight is 485 g/mol. The first-order chi connectivity index (χ1) is 16.3. The molecule has 0 bridgehead atoms. The molecule has 1 saturated carbocycles. The second-order valence-corrected chi connectivity index (χ2v) is 9.50. The lowest BCUT2D eigenvalue weighted by molar-refractivity contribution is -0.131. The number of anilines is 1. The van der Waals surface area contributed by atoms with E-state index >= 15 is 0 Å². The maximum Gasteiger partial charge on any atom is 0.350 e. The number of imide groups is 1. The molecule has 0 radical (unpaired) electrons. The first-order valence-electron chi connectivity index (χ1n) is 11.5. The number of hydrogen-bond donors (Lipinski definition) is 1. The predicted molar refractivity (Wildman–Crippen MR) is 127 cm³/mol. The molecular weight excluding hydrogens is 456 g/mol. The largest absolute Gasteiger partial charge is 0.462 e. The van der Waals surface area contributed by atoms with Crippen LogP contribution in [0.15, 0.2) is 30.3 Å². The third-order valence-corrected chi connectivity index (χ3v) is 7.37. The number of nitrogens with one attached hydrogen (secondary N) is 1. The summed E-state index contributed by atoms with van der Waals surface area (Å²) in [6, 6.07) is 9.00. The van der Waals surface area contributed by atoms with Crippen molar-refractivity contribution >= 4 is 40.3 Å². The van der Waals surface area contributed by atoms with Gasteiger partial charge in [0.2, 0.25) is 5.91 Å². The summed E-state index contributed by atoms with van der Waals surface area (Å²) in [6.45, 7) is 3.91. The molecule has 2 fully saturated rings. The first kappa shape index (κ1) is 23.9. The summed E-state index contributed by atoms with van der Waals surface area (Å²) >= 11 is 1.10. The van der Waals surface area contributed by atoms with E-state index in [1.165, 1.54) is 4.90 Å². The number of aryl methyl sites for hydroxylation is 1. The van der Waals surface area contributed by atoms with Gasteiger partial charge in [-0.25, -0.2) is 14.6 Å². The van der Waals surface area contributed by atoms with Gasteiger partial charge >= 0.3 is 12.0 Å². The van der Waals surface area contributed by atoms with E-state index in [2.05, 4.69) is 10.3 Å². The van der Waals surface area contributed by atoms with Crippen LogP contribution >= 0.6 is 11.3 Å². The first-order valence-corrected chi connectivity index (χ1v) is 12.3. The van der Waals surface area contributed by atoms with E-state index in [9.17, 15) is 19.2 Å². The number of nitrogens with zero attached hydrogens (tertiary/aromatic N) is 3. The lowest BCUT2D eigenvalue weighted by Crippen LogP contribution is -2.44. The molecule has 34 heavy (non-hydrogen) atoms. The van der Waals surface area contributed by atoms with Gasteiger partial charge in [0.15, 0.2) is 5.13 Å². The topological polar surface area (TPSA) is 109 Å². The van der Waals surface area contributed by atoms with E-state index in [0.717, 1.165) is 34.6 Å². The summed E-state index contributed by atoms with van der Waals surface area (Å²) < 4.78 is 5.10. The Bertz CT molecular complexity index is 1090. The van der Waals surface area contributed by atoms with Crippen LogP contribution in [-0.2, 0) is 20.9 Å². The van der Waals surface area contributed by atoms with Crippen LogP contribution in [0.4, 0.5) is 9.93 Å². The van der Waals surface area contributed by atoms with Crippen LogP contribution in [0.1, 0.15) is 60.0 Å². The van der Waals surface area contributed by atoms with Crippen LogP contribution in [0.25, 0.3) is 0 Å². The average Bonchev–Trinajstić information content (AvgIpc) is 3.50. The molecule has 180 valence electrons. The summed E-state index contributed by atoms with van der Waals surface area (Å²) in [5.74, 6) is -1.01. The Morgan fingerprint density at radius 3 is 2.59 bits per heavy atom. The molecule has 1 aliphatic carbocycles. The summed E-state index contributed by atoms with van der Waals surface area (Å²) in [4.78, 5) is 58.5. The van der Waals surface area contributed by atoms with Crippen molar-refractivity contribution in [1.82, 2.24) is 15.2 Å². The van der Waals surface area contributed by atoms with Crippen LogP contribution in [-0.4, -0.2) is 52.4 Å². The van der Waals surface area contributed by atoms with Gasteiger partial charge in [0.25, 0.3) is 5.91 Å². The van der Waals surface area contributed by atoms with E-state index in [-0.39, 0.29) is 37.9 Å². The van der Waals surface area contributed by atoms with E-state index in [1.807, 2.05) is 30.3 Å². The minimum absolute atomic E-state index is 0.00830. The molecule has 9 nitrogen and oxygen atoms in total. The van der Waals surface area contributed by atoms with Gasteiger partial charge in [-0.3, -0.25) is 19.4 Å². The highest BCUT2D eigenvalue weighted by Gasteiger charge is 2.52. The van der Waals surface area contributed by atoms with E-state index < -0.39 is 17.5 Å². The van der Waals surface area contributed by atoms with Crippen molar-refractivity contribution in [1.29, 1.82) is 0 Å². The number of carbonyl (C=O) groups excluding carboxylic acids is 4. The van der Waals surface area contributed by atoms with Crippen LogP contribution in [0.3, 0.4) is 0 Å². The Morgan fingerprint density at radius 1 is 1.21 bits per heavy atom. The van der Waals surface area contributed by atoms with Gasteiger partial charge in [-0.2, -0.15) is 0 Å². The summed E-state index contributed by atoms with van der Waals surface area (Å²) in [5.41, 5.74) is 0.577. The summed E-state index contributed by atoms with van der Waals surface area (Å²) in [6.07, 6.45) is 3.02. The number of rotatable bonds is 8. The van der Waals surface area contributed by atoms with Crippen molar-refractivity contribution in [3.63, 3.8) is 0 Å². The Hall–Kier alpha value is -3.27.